The van der Waals surface area contributed by atoms with Gasteiger partial charge in [-0.05, 0) is 48.7 Å². The van der Waals surface area contributed by atoms with E-state index in [1.54, 1.807) is 54.6 Å². The zero-order valence-corrected chi connectivity index (χ0v) is 16.7. The average molecular weight is 400 g/mol. The van der Waals surface area contributed by atoms with Crippen LogP contribution in [0.15, 0.2) is 84.9 Å². The minimum absolute atomic E-state index is 0.111. The van der Waals surface area contributed by atoms with Crippen molar-refractivity contribution >= 4 is 17.6 Å². The standard InChI is InChI=1S/C26H24O4/c27-18-4-5-19-30-24-15-13-23(14-16-24)26(29)22-11-9-21(10-12-22)25(28)17-8-20-6-2-1-3-7-20/h1-3,6-17,27H,4-5,18-19H2. The van der Waals surface area contributed by atoms with E-state index >= 15 is 0 Å². The third kappa shape index (κ3) is 6.00. The maximum absolute atomic E-state index is 12.7. The summed E-state index contributed by atoms with van der Waals surface area (Å²) in [6, 6.07) is 23.3. The fourth-order valence-corrected chi connectivity index (χ4v) is 2.89. The number of unbranched alkanes of at least 4 members (excludes halogenated alkanes) is 1. The van der Waals surface area contributed by atoms with Gasteiger partial charge >= 0.3 is 0 Å². The van der Waals surface area contributed by atoms with Crippen molar-refractivity contribution < 1.29 is 19.4 Å². The van der Waals surface area contributed by atoms with Gasteiger partial charge in [0, 0.05) is 23.3 Å². The smallest absolute Gasteiger partial charge is 0.193 e. The van der Waals surface area contributed by atoms with Crippen LogP contribution >= 0.6 is 0 Å². The van der Waals surface area contributed by atoms with Crippen molar-refractivity contribution in [3.05, 3.63) is 107 Å². The number of hydrogen-bond acceptors (Lipinski definition) is 4. The minimum Gasteiger partial charge on any atom is -0.494 e. The van der Waals surface area contributed by atoms with Gasteiger partial charge in [0.2, 0.25) is 0 Å². The second kappa shape index (κ2) is 10.9. The van der Waals surface area contributed by atoms with Crippen LogP contribution < -0.4 is 4.74 Å². The summed E-state index contributed by atoms with van der Waals surface area (Å²) in [6.07, 6.45) is 4.79. The van der Waals surface area contributed by atoms with Gasteiger partial charge in [0.1, 0.15) is 5.75 Å². The van der Waals surface area contributed by atoms with Crippen molar-refractivity contribution in [2.24, 2.45) is 0 Å². The summed E-state index contributed by atoms with van der Waals surface area (Å²) in [5.41, 5.74) is 2.57. The van der Waals surface area contributed by atoms with E-state index in [-0.39, 0.29) is 18.2 Å². The molecule has 0 aromatic heterocycles. The lowest BCUT2D eigenvalue weighted by Crippen LogP contribution is -2.03. The van der Waals surface area contributed by atoms with E-state index < -0.39 is 0 Å². The lowest BCUT2D eigenvalue weighted by molar-refractivity contribution is 0.103. The molecule has 0 fully saturated rings. The van der Waals surface area contributed by atoms with Crippen molar-refractivity contribution in [1.82, 2.24) is 0 Å². The molecule has 1 N–H and O–H groups in total. The second-order valence-electron chi connectivity index (χ2n) is 6.82. The number of ketones is 2. The molecule has 0 aliphatic heterocycles. The summed E-state index contributed by atoms with van der Waals surface area (Å²) in [7, 11) is 0. The van der Waals surface area contributed by atoms with Crippen molar-refractivity contribution in [2.45, 2.75) is 12.8 Å². The Morgan fingerprint density at radius 3 is 2.00 bits per heavy atom. The molecule has 0 spiro atoms. The van der Waals surface area contributed by atoms with Crippen LogP contribution in [0.5, 0.6) is 5.75 Å². The summed E-state index contributed by atoms with van der Waals surface area (Å²) in [5, 5.41) is 8.78. The van der Waals surface area contributed by atoms with Gasteiger partial charge in [0.15, 0.2) is 11.6 Å². The first-order valence-electron chi connectivity index (χ1n) is 9.93. The highest BCUT2D eigenvalue weighted by molar-refractivity contribution is 6.10. The fourth-order valence-electron chi connectivity index (χ4n) is 2.89. The Bertz CT molecular complexity index is 987. The Hall–Kier alpha value is -3.50. The summed E-state index contributed by atoms with van der Waals surface area (Å²) < 4.78 is 5.58. The van der Waals surface area contributed by atoms with E-state index in [4.69, 9.17) is 9.84 Å². The van der Waals surface area contributed by atoms with E-state index in [9.17, 15) is 9.59 Å². The van der Waals surface area contributed by atoms with E-state index in [1.165, 1.54) is 6.08 Å². The summed E-state index contributed by atoms with van der Waals surface area (Å²) in [6.45, 7) is 0.687. The number of ether oxygens (including phenoxy) is 1. The number of benzene rings is 3. The monoisotopic (exact) mass is 400 g/mol. The van der Waals surface area contributed by atoms with Crippen LogP contribution in [0.3, 0.4) is 0 Å². The summed E-state index contributed by atoms with van der Waals surface area (Å²) in [4.78, 5) is 25.0. The number of rotatable bonds is 10. The molecular formula is C26H24O4. The van der Waals surface area contributed by atoms with Gasteiger partial charge < -0.3 is 9.84 Å². The Kier molecular flexibility index (Phi) is 7.70. The first kappa shape index (κ1) is 21.2. The van der Waals surface area contributed by atoms with Gasteiger partial charge in [-0.15, -0.1) is 0 Å². The van der Waals surface area contributed by atoms with Gasteiger partial charge in [-0.25, -0.2) is 0 Å². The number of hydrogen-bond donors (Lipinski definition) is 1. The zero-order chi connectivity index (χ0) is 21.2. The highest BCUT2D eigenvalue weighted by Crippen LogP contribution is 2.17. The van der Waals surface area contributed by atoms with Crippen molar-refractivity contribution in [2.75, 3.05) is 13.2 Å². The van der Waals surface area contributed by atoms with E-state index in [0.717, 1.165) is 12.0 Å². The quantitative estimate of drug-likeness (QED) is 0.297. The number of allylic oxidation sites excluding steroid dienone is 1. The molecule has 0 aliphatic carbocycles. The van der Waals surface area contributed by atoms with Crippen molar-refractivity contribution in [3.63, 3.8) is 0 Å². The molecule has 0 radical (unpaired) electrons. The molecule has 3 rings (SSSR count). The predicted molar refractivity (Wildman–Crippen MR) is 118 cm³/mol. The first-order chi connectivity index (χ1) is 14.7. The van der Waals surface area contributed by atoms with Crippen LogP contribution in [0.25, 0.3) is 6.08 Å². The molecule has 0 aliphatic rings. The van der Waals surface area contributed by atoms with Crippen LogP contribution in [0.1, 0.15) is 44.7 Å². The lowest BCUT2D eigenvalue weighted by Gasteiger charge is -2.07. The molecule has 0 amide bonds. The topological polar surface area (TPSA) is 63.6 Å². The average Bonchev–Trinajstić information content (AvgIpc) is 2.81. The van der Waals surface area contributed by atoms with Crippen LogP contribution in [-0.2, 0) is 0 Å². The van der Waals surface area contributed by atoms with Crippen LogP contribution in [0, 0.1) is 0 Å². The molecule has 4 heteroatoms. The fraction of sp³-hybridized carbons (Fsp3) is 0.154. The number of carbonyl (C=O) groups excluding carboxylic acids is 2. The van der Waals surface area contributed by atoms with Crippen LogP contribution in [0.2, 0.25) is 0 Å². The van der Waals surface area contributed by atoms with Crippen LogP contribution in [0.4, 0.5) is 0 Å². The normalized spacial score (nSPS) is 10.8. The highest BCUT2D eigenvalue weighted by Gasteiger charge is 2.10. The number of aliphatic hydroxyl groups excluding tert-OH is 1. The molecular weight excluding hydrogens is 376 g/mol. The van der Waals surface area contributed by atoms with E-state index in [2.05, 4.69) is 0 Å². The van der Waals surface area contributed by atoms with E-state index in [1.807, 2.05) is 30.3 Å². The number of aliphatic hydroxyl groups is 1. The maximum atomic E-state index is 12.7. The van der Waals surface area contributed by atoms with Gasteiger partial charge in [-0.2, -0.15) is 0 Å². The van der Waals surface area contributed by atoms with Gasteiger partial charge in [-0.1, -0.05) is 60.7 Å². The molecule has 0 saturated heterocycles. The van der Waals surface area contributed by atoms with E-state index in [0.29, 0.717) is 35.5 Å². The first-order valence-corrected chi connectivity index (χ1v) is 9.93. The molecule has 0 saturated carbocycles. The predicted octanol–water partition coefficient (Wildman–Crippen LogP) is 4.97. The molecule has 0 heterocycles. The van der Waals surface area contributed by atoms with Crippen molar-refractivity contribution in [1.29, 1.82) is 0 Å². The summed E-state index contributed by atoms with van der Waals surface area (Å²) in [5.74, 6) is 0.469. The molecule has 3 aromatic rings. The van der Waals surface area contributed by atoms with Gasteiger partial charge in [-0.3, -0.25) is 9.59 Å². The molecule has 0 atom stereocenters. The van der Waals surface area contributed by atoms with Crippen LogP contribution in [-0.4, -0.2) is 29.9 Å². The Morgan fingerprint density at radius 1 is 0.767 bits per heavy atom. The molecule has 0 bridgehead atoms. The Morgan fingerprint density at radius 2 is 1.37 bits per heavy atom. The Balaban J connectivity index is 1.60. The van der Waals surface area contributed by atoms with Gasteiger partial charge in [0.05, 0.1) is 6.61 Å². The molecule has 4 nitrogen and oxygen atoms in total. The largest absolute Gasteiger partial charge is 0.494 e. The zero-order valence-electron chi connectivity index (χ0n) is 16.7. The summed E-state index contributed by atoms with van der Waals surface area (Å²) >= 11 is 0. The molecule has 3 aromatic carbocycles. The van der Waals surface area contributed by atoms with Gasteiger partial charge in [0.25, 0.3) is 0 Å². The lowest BCUT2D eigenvalue weighted by atomic mass is 10.0. The minimum atomic E-state index is -0.111. The molecule has 152 valence electrons. The Labute approximate surface area is 176 Å². The second-order valence-corrected chi connectivity index (χ2v) is 6.82. The maximum Gasteiger partial charge on any atom is 0.193 e. The third-order valence-corrected chi connectivity index (χ3v) is 4.60. The van der Waals surface area contributed by atoms with Crippen molar-refractivity contribution in [3.8, 4) is 5.75 Å². The SMILES string of the molecule is O=C(C=Cc1ccccc1)c1ccc(C(=O)c2ccc(OCCCCO)cc2)cc1. The highest BCUT2D eigenvalue weighted by atomic mass is 16.5. The molecule has 0 unspecified atom stereocenters. The third-order valence-electron chi connectivity index (χ3n) is 4.60. The molecule has 30 heavy (non-hydrogen) atoms. The number of carbonyl (C=O) groups is 2.